The Balaban J connectivity index is 1.83. The molecule has 21 heavy (non-hydrogen) atoms. The van der Waals surface area contributed by atoms with Crippen molar-refractivity contribution in [2.24, 2.45) is 5.92 Å². The van der Waals surface area contributed by atoms with E-state index in [0.29, 0.717) is 5.82 Å². The molecule has 110 valence electrons. The van der Waals surface area contributed by atoms with Crippen molar-refractivity contribution in [2.45, 2.75) is 39.5 Å². The van der Waals surface area contributed by atoms with E-state index >= 15 is 0 Å². The molecule has 1 saturated carbocycles. The van der Waals surface area contributed by atoms with Gasteiger partial charge in [0, 0.05) is 24.0 Å². The van der Waals surface area contributed by atoms with Crippen LogP contribution in [0.1, 0.15) is 36.9 Å². The number of anilines is 1. The summed E-state index contributed by atoms with van der Waals surface area (Å²) in [6.45, 7) is 5.12. The Hall–Kier alpha value is -1.97. The number of hydrogen-bond donors (Lipinski definition) is 1. The SMILES string of the molecule is Cc1nc(-c2ccccn2)nc(NCC2CCCC2)c1C. The fraction of sp³-hybridized carbons (Fsp3) is 0.471. The Bertz CT molecular complexity index is 604. The number of nitrogens with zero attached hydrogens (tertiary/aromatic N) is 3. The molecule has 0 radical (unpaired) electrons. The van der Waals surface area contributed by atoms with Gasteiger partial charge in [-0.3, -0.25) is 4.98 Å². The number of aromatic nitrogens is 3. The quantitative estimate of drug-likeness (QED) is 0.927. The van der Waals surface area contributed by atoms with Crippen molar-refractivity contribution in [3.05, 3.63) is 35.7 Å². The van der Waals surface area contributed by atoms with Crippen LogP contribution in [0.4, 0.5) is 5.82 Å². The Morgan fingerprint density at radius 1 is 1.14 bits per heavy atom. The number of nitrogens with one attached hydrogen (secondary N) is 1. The van der Waals surface area contributed by atoms with E-state index in [0.717, 1.165) is 35.2 Å². The van der Waals surface area contributed by atoms with Gasteiger partial charge in [-0.15, -0.1) is 0 Å². The molecule has 0 bridgehead atoms. The van der Waals surface area contributed by atoms with Crippen LogP contribution in [-0.2, 0) is 0 Å². The second-order valence-corrected chi connectivity index (χ2v) is 5.85. The van der Waals surface area contributed by atoms with Crippen LogP contribution in [0, 0.1) is 19.8 Å². The molecule has 0 spiro atoms. The standard InChI is InChI=1S/C17H22N4/c1-12-13(2)20-17(15-9-5-6-10-18-15)21-16(12)19-11-14-7-3-4-8-14/h5-6,9-10,14H,3-4,7-8,11H2,1-2H3,(H,19,20,21). The van der Waals surface area contributed by atoms with Gasteiger partial charge in [0.1, 0.15) is 11.5 Å². The summed E-state index contributed by atoms with van der Waals surface area (Å²) in [6, 6.07) is 5.82. The van der Waals surface area contributed by atoms with Crippen LogP contribution in [-0.4, -0.2) is 21.5 Å². The van der Waals surface area contributed by atoms with Gasteiger partial charge in [0.2, 0.25) is 0 Å². The van der Waals surface area contributed by atoms with Gasteiger partial charge in [-0.2, -0.15) is 0 Å². The first-order valence-electron chi connectivity index (χ1n) is 7.74. The van der Waals surface area contributed by atoms with Crippen molar-refractivity contribution in [1.82, 2.24) is 15.0 Å². The van der Waals surface area contributed by atoms with E-state index in [1.54, 1.807) is 6.20 Å². The number of hydrogen-bond acceptors (Lipinski definition) is 4. The van der Waals surface area contributed by atoms with Crippen molar-refractivity contribution >= 4 is 5.82 Å². The molecule has 1 N–H and O–H groups in total. The number of rotatable bonds is 4. The van der Waals surface area contributed by atoms with Gasteiger partial charge < -0.3 is 5.32 Å². The lowest BCUT2D eigenvalue weighted by Crippen LogP contribution is -2.14. The monoisotopic (exact) mass is 282 g/mol. The Morgan fingerprint density at radius 3 is 2.67 bits per heavy atom. The Kier molecular flexibility index (Phi) is 4.13. The second-order valence-electron chi connectivity index (χ2n) is 5.85. The van der Waals surface area contributed by atoms with Crippen LogP contribution < -0.4 is 5.32 Å². The molecule has 1 aliphatic carbocycles. The Morgan fingerprint density at radius 2 is 1.95 bits per heavy atom. The molecule has 0 aromatic carbocycles. The molecule has 1 aliphatic rings. The van der Waals surface area contributed by atoms with Gasteiger partial charge in [0.15, 0.2) is 5.82 Å². The molecule has 0 saturated heterocycles. The van der Waals surface area contributed by atoms with E-state index in [9.17, 15) is 0 Å². The van der Waals surface area contributed by atoms with Gasteiger partial charge >= 0.3 is 0 Å². The molecular formula is C17H22N4. The average molecular weight is 282 g/mol. The van der Waals surface area contributed by atoms with Gasteiger partial charge in [-0.05, 0) is 44.7 Å². The highest BCUT2D eigenvalue weighted by Crippen LogP contribution is 2.26. The van der Waals surface area contributed by atoms with Gasteiger partial charge in [-0.25, -0.2) is 9.97 Å². The van der Waals surface area contributed by atoms with Crippen molar-refractivity contribution in [3.63, 3.8) is 0 Å². The second kappa shape index (κ2) is 6.20. The normalized spacial score (nSPS) is 15.3. The van der Waals surface area contributed by atoms with Crippen LogP contribution in [0.2, 0.25) is 0 Å². The molecule has 4 nitrogen and oxygen atoms in total. The van der Waals surface area contributed by atoms with Crippen molar-refractivity contribution < 1.29 is 0 Å². The predicted molar refractivity (Wildman–Crippen MR) is 85.2 cm³/mol. The van der Waals surface area contributed by atoms with E-state index < -0.39 is 0 Å². The molecule has 3 rings (SSSR count). The summed E-state index contributed by atoms with van der Waals surface area (Å²) < 4.78 is 0. The highest BCUT2D eigenvalue weighted by Gasteiger charge is 2.16. The zero-order chi connectivity index (χ0) is 14.7. The van der Waals surface area contributed by atoms with Crippen molar-refractivity contribution in [1.29, 1.82) is 0 Å². The lowest BCUT2D eigenvalue weighted by atomic mass is 10.1. The van der Waals surface area contributed by atoms with Crippen LogP contribution in [0.25, 0.3) is 11.5 Å². The summed E-state index contributed by atoms with van der Waals surface area (Å²) in [6.07, 6.45) is 7.19. The molecule has 2 aromatic heterocycles. The van der Waals surface area contributed by atoms with E-state index in [2.05, 4.69) is 27.2 Å². The van der Waals surface area contributed by atoms with Crippen LogP contribution in [0.5, 0.6) is 0 Å². The van der Waals surface area contributed by atoms with Crippen LogP contribution in [0.3, 0.4) is 0 Å². The molecule has 4 heteroatoms. The molecule has 0 unspecified atom stereocenters. The smallest absolute Gasteiger partial charge is 0.180 e. The maximum Gasteiger partial charge on any atom is 0.180 e. The van der Waals surface area contributed by atoms with Gasteiger partial charge in [-0.1, -0.05) is 18.9 Å². The third-order valence-electron chi connectivity index (χ3n) is 4.32. The summed E-state index contributed by atoms with van der Waals surface area (Å²) in [4.78, 5) is 13.6. The van der Waals surface area contributed by atoms with Gasteiger partial charge in [0.05, 0.1) is 0 Å². The zero-order valence-corrected chi connectivity index (χ0v) is 12.8. The van der Waals surface area contributed by atoms with Crippen LogP contribution in [0.15, 0.2) is 24.4 Å². The summed E-state index contributed by atoms with van der Waals surface area (Å²) in [5.41, 5.74) is 2.97. The summed E-state index contributed by atoms with van der Waals surface area (Å²) in [5, 5.41) is 3.53. The first kappa shape index (κ1) is 14.0. The first-order chi connectivity index (χ1) is 10.2. The maximum absolute atomic E-state index is 4.68. The highest BCUT2D eigenvalue weighted by atomic mass is 15.0. The Labute approximate surface area is 126 Å². The van der Waals surface area contributed by atoms with E-state index in [1.807, 2.05) is 25.1 Å². The maximum atomic E-state index is 4.68. The fourth-order valence-electron chi connectivity index (χ4n) is 2.87. The van der Waals surface area contributed by atoms with E-state index in [-0.39, 0.29) is 0 Å². The van der Waals surface area contributed by atoms with Crippen LogP contribution >= 0.6 is 0 Å². The zero-order valence-electron chi connectivity index (χ0n) is 12.8. The molecule has 2 aromatic rings. The molecular weight excluding hydrogens is 260 g/mol. The topological polar surface area (TPSA) is 50.7 Å². The lowest BCUT2D eigenvalue weighted by molar-refractivity contribution is 0.578. The minimum absolute atomic E-state index is 0.702. The average Bonchev–Trinajstić information content (AvgIpc) is 3.03. The molecule has 0 amide bonds. The minimum Gasteiger partial charge on any atom is -0.369 e. The third kappa shape index (κ3) is 3.20. The number of aryl methyl sites for hydroxylation is 1. The molecule has 1 fully saturated rings. The van der Waals surface area contributed by atoms with E-state index in [1.165, 1.54) is 25.7 Å². The van der Waals surface area contributed by atoms with Crippen molar-refractivity contribution in [2.75, 3.05) is 11.9 Å². The lowest BCUT2D eigenvalue weighted by Gasteiger charge is -2.15. The summed E-state index contributed by atoms with van der Waals surface area (Å²) in [7, 11) is 0. The number of pyridine rings is 1. The summed E-state index contributed by atoms with van der Waals surface area (Å²) >= 11 is 0. The largest absolute Gasteiger partial charge is 0.369 e. The first-order valence-corrected chi connectivity index (χ1v) is 7.74. The molecule has 0 aliphatic heterocycles. The third-order valence-corrected chi connectivity index (χ3v) is 4.32. The van der Waals surface area contributed by atoms with Gasteiger partial charge in [0.25, 0.3) is 0 Å². The van der Waals surface area contributed by atoms with E-state index in [4.69, 9.17) is 0 Å². The van der Waals surface area contributed by atoms with Crippen molar-refractivity contribution in [3.8, 4) is 11.5 Å². The minimum atomic E-state index is 0.702. The molecule has 0 atom stereocenters. The fourth-order valence-corrected chi connectivity index (χ4v) is 2.87. The predicted octanol–water partition coefficient (Wildman–Crippen LogP) is 3.76. The molecule has 2 heterocycles. The summed E-state index contributed by atoms with van der Waals surface area (Å²) in [5.74, 6) is 2.45. The highest BCUT2D eigenvalue weighted by molar-refractivity contribution is 5.56.